The molecule has 3 aliphatic carbocycles. The highest BCUT2D eigenvalue weighted by Gasteiger charge is 2.37. The average Bonchev–Trinajstić information content (AvgIpc) is 2.86. The van der Waals surface area contributed by atoms with Crippen molar-refractivity contribution >= 4 is 0 Å². The first-order chi connectivity index (χ1) is 17.4. The van der Waals surface area contributed by atoms with Gasteiger partial charge >= 0.3 is 0 Å². The molecule has 204 valence electrons. The molecule has 0 N–H and O–H groups in total. The zero-order valence-corrected chi connectivity index (χ0v) is 26.5. The van der Waals surface area contributed by atoms with E-state index in [1.807, 2.05) is 0 Å². The zero-order chi connectivity index (χ0) is 25.4. The van der Waals surface area contributed by atoms with Gasteiger partial charge in [-0.3, -0.25) is 0 Å². The summed E-state index contributed by atoms with van der Waals surface area (Å²) >= 11 is 0.444. The molecule has 1 heterocycles. The van der Waals surface area contributed by atoms with Crippen LogP contribution in [0.3, 0.4) is 0 Å². The topological polar surface area (TPSA) is 0 Å². The molecule has 0 aromatic carbocycles. The molecule has 4 rings (SSSR count). The first-order valence-electron chi connectivity index (χ1n) is 16.0. The average molecular weight is 606 g/mol. The first kappa shape index (κ1) is 28.9. The van der Waals surface area contributed by atoms with Gasteiger partial charge in [0.2, 0.25) is 0 Å². The predicted molar refractivity (Wildman–Crippen MR) is 155 cm³/mol. The summed E-state index contributed by atoms with van der Waals surface area (Å²) in [5.41, 5.74) is 2.16. The third-order valence-electron chi connectivity index (χ3n) is 10.3. The summed E-state index contributed by atoms with van der Waals surface area (Å²) < 4.78 is 2.78. The molecule has 36 heavy (non-hydrogen) atoms. The summed E-state index contributed by atoms with van der Waals surface area (Å²) in [5.74, 6) is 5.91. The minimum Gasteiger partial charge on any atom is -0.0851 e. The highest BCUT2D eigenvalue weighted by molar-refractivity contribution is 5.18. The van der Waals surface area contributed by atoms with Crippen LogP contribution < -0.4 is 21.2 Å². The monoisotopic (exact) mass is 605 g/mol. The molecule has 1 heteroatoms. The van der Waals surface area contributed by atoms with E-state index in [-0.39, 0.29) is 0 Å². The van der Waals surface area contributed by atoms with Gasteiger partial charge in [0.1, 0.15) is 4.43 Å². The maximum absolute atomic E-state index is 2.63. The molecule has 6 unspecified atom stereocenters. The number of halogens is 1. The number of allylic oxidation sites excluding steroid dienone is 6. The number of rotatable bonds is 11. The standard InChI is InChI=1S/C35H58I/c1-5-9-28-12-14-29(15-13-28)24-34-19-17-32(26-36-34)23-31-16-18-33(27(2)22-31)20-21-35(3,4)25-30-10-7-6-8-11-30/h6-7,10,12,14,27-29,31-34H,5,8-9,11,13,15-26H2,1-4H3/q+1/t27-,28?,29?,31?,32?,33?,34?/m0/s1. The maximum Gasteiger partial charge on any atom is 0.272 e. The second kappa shape index (κ2) is 14.4. The summed E-state index contributed by atoms with van der Waals surface area (Å²) in [7, 11) is 0. The molecule has 0 radical (unpaired) electrons. The van der Waals surface area contributed by atoms with Crippen molar-refractivity contribution in [3.63, 3.8) is 0 Å². The lowest BCUT2D eigenvalue weighted by atomic mass is 9.68. The van der Waals surface area contributed by atoms with Crippen molar-refractivity contribution in [3.05, 3.63) is 36.0 Å². The zero-order valence-electron chi connectivity index (χ0n) is 24.3. The van der Waals surface area contributed by atoms with E-state index in [1.54, 1.807) is 35.7 Å². The van der Waals surface area contributed by atoms with Crippen molar-refractivity contribution in [2.24, 2.45) is 40.9 Å². The van der Waals surface area contributed by atoms with Gasteiger partial charge in [0.05, 0.1) is 0 Å². The van der Waals surface area contributed by atoms with E-state index >= 15 is 0 Å². The highest BCUT2D eigenvalue weighted by Crippen LogP contribution is 2.42. The Morgan fingerprint density at radius 2 is 1.72 bits per heavy atom. The first-order valence-corrected chi connectivity index (χ1v) is 18.8. The van der Waals surface area contributed by atoms with Crippen LogP contribution in [0, 0.1) is 40.9 Å². The van der Waals surface area contributed by atoms with Crippen molar-refractivity contribution in [3.8, 4) is 0 Å². The van der Waals surface area contributed by atoms with Crippen molar-refractivity contribution < 1.29 is 21.2 Å². The Kier molecular flexibility index (Phi) is 11.6. The molecule has 0 amide bonds. The van der Waals surface area contributed by atoms with Crippen molar-refractivity contribution in [1.29, 1.82) is 0 Å². The summed E-state index contributed by atoms with van der Waals surface area (Å²) in [6.45, 7) is 9.99. The van der Waals surface area contributed by atoms with Gasteiger partial charge in [-0.15, -0.1) is 0 Å². The fourth-order valence-corrected chi connectivity index (χ4v) is 12.1. The van der Waals surface area contributed by atoms with E-state index in [0.717, 1.165) is 39.4 Å². The second-order valence-electron chi connectivity index (χ2n) is 14.2. The summed E-state index contributed by atoms with van der Waals surface area (Å²) in [5, 5.41) is 0. The van der Waals surface area contributed by atoms with Crippen molar-refractivity contribution in [2.45, 2.75) is 134 Å². The Hall–Kier alpha value is -0.0500. The van der Waals surface area contributed by atoms with Crippen LogP contribution in [0.1, 0.15) is 130 Å². The van der Waals surface area contributed by atoms with Crippen LogP contribution in [0.4, 0.5) is 0 Å². The lowest BCUT2D eigenvalue weighted by Gasteiger charge is -2.37. The largest absolute Gasteiger partial charge is 0.272 e. The van der Waals surface area contributed by atoms with Crippen LogP contribution in [0.15, 0.2) is 36.0 Å². The van der Waals surface area contributed by atoms with E-state index in [4.69, 9.17) is 0 Å². The van der Waals surface area contributed by atoms with E-state index in [0.29, 0.717) is 26.6 Å². The third-order valence-corrected chi connectivity index (χ3v) is 14.4. The number of hydrogen-bond acceptors (Lipinski definition) is 0. The molecule has 0 aromatic heterocycles. The van der Waals surface area contributed by atoms with Gasteiger partial charge in [-0.25, -0.2) is 0 Å². The lowest BCUT2D eigenvalue weighted by Crippen LogP contribution is -3.67. The van der Waals surface area contributed by atoms with Gasteiger partial charge < -0.3 is 0 Å². The molecule has 7 atom stereocenters. The number of alkyl halides is 2. The Morgan fingerprint density at radius 1 is 0.917 bits per heavy atom. The fraction of sp³-hybridized carbons (Fsp3) is 0.829. The van der Waals surface area contributed by atoms with Crippen molar-refractivity contribution in [2.75, 3.05) is 4.43 Å². The van der Waals surface area contributed by atoms with Gasteiger partial charge in [0.15, 0.2) is 3.92 Å². The Balaban J connectivity index is 1.11. The molecule has 1 saturated heterocycles. The normalized spacial score (nSPS) is 35.6. The van der Waals surface area contributed by atoms with Crippen LogP contribution in [-0.2, 0) is 0 Å². The molecule has 1 aliphatic heterocycles. The van der Waals surface area contributed by atoms with Crippen LogP contribution >= 0.6 is 0 Å². The second-order valence-corrected chi connectivity index (χ2v) is 17.7. The van der Waals surface area contributed by atoms with Crippen LogP contribution in [0.5, 0.6) is 0 Å². The minimum absolute atomic E-state index is 0.444. The van der Waals surface area contributed by atoms with Crippen LogP contribution in [-0.4, -0.2) is 8.35 Å². The quantitative estimate of drug-likeness (QED) is 0.130. The molecule has 1 saturated carbocycles. The van der Waals surface area contributed by atoms with Crippen LogP contribution in [0.25, 0.3) is 0 Å². The van der Waals surface area contributed by atoms with Gasteiger partial charge in [0.25, 0.3) is 21.2 Å². The Labute approximate surface area is 235 Å². The van der Waals surface area contributed by atoms with E-state index < -0.39 is 0 Å². The SMILES string of the molecule is CCCC1C=CC(CC2CCC(CC3CCC(CCC(C)(C)CC4=CC=CCC4)[C@@H](C)C3)C[I+]2)CC1. The molecule has 0 bridgehead atoms. The number of hydrogen-bond donors (Lipinski definition) is 0. The molecular formula is C35H58I+. The minimum atomic E-state index is 0.444. The van der Waals surface area contributed by atoms with Gasteiger partial charge in [-0.05, 0) is 118 Å². The third kappa shape index (κ3) is 9.30. The van der Waals surface area contributed by atoms with E-state index in [9.17, 15) is 0 Å². The molecule has 0 nitrogen and oxygen atoms in total. The molecule has 2 fully saturated rings. The smallest absolute Gasteiger partial charge is 0.0851 e. The molecule has 0 spiro atoms. The van der Waals surface area contributed by atoms with Gasteiger partial charge in [-0.1, -0.05) is 76.5 Å². The molecule has 0 aromatic rings. The van der Waals surface area contributed by atoms with Crippen LogP contribution in [0.2, 0.25) is 0 Å². The fourth-order valence-electron chi connectivity index (χ4n) is 8.02. The molecular weight excluding hydrogens is 547 g/mol. The summed E-state index contributed by atoms with van der Waals surface area (Å²) in [4.78, 5) is 0. The van der Waals surface area contributed by atoms with E-state index in [1.165, 1.54) is 77.0 Å². The molecule has 4 aliphatic rings. The van der Waals surface area contributed by atoms with E-state index in [2.05, 4.69) is 58.1 Å². The maximum atomic E-state index is 2.63. The summed E-state index contributed by atoms with van der Waals surface area (Å²) in [6.07, 6.45) is 35.5. The Bertz CT molecular complexity index is 734. The Morgan fingerprint density at radius 3 is 2.39 bits per heavy atom. The highest BCUT2D eigenvalue weighted by atomic mass is 127. The predicted octanol–water partition coefficient (Wildman–Crippen LogP) is 7.54. The lowest BCUT2D eigenvalue weighted by molar-refractivity contribution is -0.705. The van der Waals surface area contributed by atoms with Gasteiger partial charge in [0, 0.05) is 12.3 Å². The van der Waals surface area contributed by atoms with Gasteiger partial charge in [-0.2, -0.15) is 0 Å². The summed E-state index contributed by atoms with van der Waals surface area (Å²) in [6, 6.07) is 0. The van der Waals surface area contributed by atoms with Crippen molar-refractivity contribution in [1.82, 2.24) is 0 Å².